The largest absolute Gasteiger partial charge is 0.378 e. The van der Waals surface area contributed by atoms with Gasteiger partial charge < -0.3 is 4.90 Å². The highest BCUT2D eigenvalue weighted by Gasteiger charge is 2.05. The van der Waals surface area contributed by atoms with E-state index in [-0.39, 0.29) is 0 Å². The minimum Gasteiger partial charge on any atom is -0.378 e. The van der Waals surface area contributed by atoms with E-state index in [1.807, 2.05) is 14.1 Å². The van der Waals surface area contributed by atoms with E-state index in [4.69, 9.17) is 4.98 Å². The molecule has 0 spiro atoms. The third kappa shape index (κ3) is 2.42. The van der Waals surface area contributed by atoms with Gasteiger partial charge in [0.15, 0.2) is 0 Å². The van der Waals surface area contributed by atoms with Gasteiger partial charge >= 0.3 is 0 Å². The molecule has 4 rings (SSSR count). The van der Waals surface area contributed by atoms with Gasteiger partial charge in [-0.2, -0.15) is 0 Å². The molecule has 4 aromatic rings. The highest BCUT2D eigenvalue weighted by atomic mass is 15.1. The second-order valence-corrected chi connectivity index (χ2v) is 5.99. The molecule has 0 atom stereocenters. The highest BCUT2D eigenvalue weighted by Crippen LogP contribution is 2.27. The van der Waals surface area contributed by atoms with Crippen molar-refractivity contribution in [2.24, 2.45) is 0 Å². The number of fused-ring (bicyclic) bond motifs is 3. The molecule has 2 heteroatoms. The maximum atomic E-state index is 4.86. The van der Waals surface area contributed by atoms with Gasteiger partial charge in [0.25, 0.3) is 0 Å². The number of pyridine rings is 1. The number of nitrogens with zero attached hydrogens (tertiary/aromatic N) is 2. The second-order valence-electron chi connectivity index (χ2n) is 5.99. The first-order chi connectivity index (χ1) is 11.2. The van der Waals surface area contributed by atoms with Crippen molar-refractivity contribution in [3.63, 3.8) is 0 Å². The maximum absolute atomic E-state index is 4.86. The quantitative estimate of drug-likeness (QED) is 0.477. The van der Waals surface area contributed by atoms with Crippen LogP contribution in [0.2, 0.25) is 0 Å². The number of anilines is 1. The number of rotatable bonds is 2. The van der Waals surface area contributed by atoms with Crippen molar-refractivity contribution in [1.82, 2.24) is 4.98 Å². The molecule has 0 N–H and O–H groups in total. The first kappa shape index (κ1) is 13.8. The first-order valence-electron chi connectivity index (χ1n) is 7.79. The van der Waals surface area contributed by atoms with E-state index in [2.05, 4.69) is 77.7 Å². The number of hydrogen-bond donors (Lipinski definition) is 0. The molecule has 2 nitrogen and oxygen atoms in total. The summed E-state index contributed by atoms with van der Waals surface area (Å²) in [6.45, 7) is 0. The standard InChI is InChI=1S/C21H18N2/c1-23(2)17-10-7-16(8-11-17)20-14-12-19-18-6-4-3-5-15(18)9-13-21(19)22-20/h3-14H,1-2H3. The molecule has 0 radical (unpaired) electrons. The Hall–Kier alpha value is -2.87. The maximum Gasteiger partial charge on any atom is 0.0715 e. The highest BCUT2D eigenvalue weighted by molar-refractivity contribution is 6.06. The molecular formula is C21H18N2. The lowest BCUT2D eigenvalue weighted by Crippen LogP contribution is -2.07. The van der Waals surface area contributed by atoms with Crippen LogP contribution in [-0.2, 0) is 0 Å². The predicted octanol–water partition coefficient (Wildman–Crippen LogP) is 5.12. The van der Waals surface area contributed by atoms with Crippen molar-refractivity contribution in [2.45, 2.75) is 0 Å². The Morgan fingerprint density at radius 1 is 0.696 bits per heavy atom. The monoisotopic (exact) mass is 298 g/mol. The van der Waals surface area contributed by atoms with Gasteiger partial charge in [-0.25, -0.2) is 4.98 Å². The van der Waals surface area contributed by atoms with E-state index in [1.165, 1.54) is 21.8 Å². The summed E-state index contributed by atoms with van der Waals surface area (Å²) in [7, 11) is 4.10. The number of hydrogen-bond acceptors (Lipinski definition) is 2. The topological polar surface area (TPSA) is 16.1 Å². The SMILES string of the molecule is CN(C)c1ccc(-c2ccc3c(ccc4ccccc43)n2)cc1. The molecule has 1 aromatic heterocycles. The third-order valence-corrected chi connectivity index (χ3v) is 4.28. The van der Waals surface area contributed by atoms with Crippen LogP contribution in [0, 0.1) is 0 Å². The Morgan fingerprint density at radius 3 is 2.26 bits per heavy atom. The summed E-state index contributed by atoms with van der Waals surface area (Å²) in [6.07, 6.45) is 0. The Balaban J connectivity index is 1.84. The molecule has 0 saturated carbocycles. The molecule has 1 heterocycles. The Kier molecular flexibility index (Phi) is 3.23. The van der Waals surface area contributed by atoms with Crippen molar-refractivity contribution in [2.75, 3.05) is 19.0 Å². The zero-order chi connectivity index (χ0) is 15.8. The van der Waals surface area contributed by atoms with Crippen molar-refractivity contribution in [3.05, 3.63) is 72.8 Å². The van der Waals surface area contributed by atoms with Gasteiger partial charge in [-0.05, 0) is 35.0 Å². The molecule has 0 amide bonds. The van der Waals surface area contributed by atoms with Crippen molar-refractivity contribution in [1.29, 1.82) is 0 Å². The molecule has 0 aliphatic heterocycles. The molecular weight excluding hydrogens is 280 g/mol. The van der Waals surface area contributed by atoms with Crippen LogP contribution in [0.1, 0.15) is 0 Å². The van der Waals surface area contributed by atoms with Crippen LogP contribution in [-0.4, -0.2) is 19.1 Å². The fourth-order valence-corrected chi connectivity index (χ4v) is 2.98. The number of benzene rings is 3. The van der Waals surface area contributed by atoms with Crippen LogP contribution in [0.25, 0.3) is 32.9 Å². The summed E-state index contributed by atoms with van der Waals surface area (Å²) in [5.41, 5.74) is 4.39. The van der Waals surface area contributed by atoms with E-state index >= 15 is 0 Å². The van der Waals surface area contributed by atoms with Crippen molar-refractivity contribution < 1.29 is 0 Å². The fourth-order valence-electron chi connectivity index (χ4n) is 2.98. The van der Waals surface area contributed by atoms with Gasteiger partial charge in [-0.15, -0.1) is 0 Å². The average molecular weight is 298 g/mol. The number of aromatic nitrogens is 1. The van der Waals surface area contributed by atoms with Crippen LogP contribution >= 0.6 is 0 Å². The summed E-state index contributed by atoms with van der Waals surface area (Å²) in [5, 5.41) is 3.72. The summed E-state index contributed by atoms with van der Waals surface area (Å²) in [6, 6.07) is 25.5. The lowest BCUT2D eigenvalue weighted by atomic mass is 10.0. The molecule has 0 fully saturated rings. The van der Waals surface area contributed by atoms with E-state index in [0.717, 1.165) is 16.8 Å². The molecule has 23 heavy (non-hydrogen) atoms. The lowest BCUT2D eigenvalue weighted by molar-refractivity contribution is 1.13. The predicted molar refractivity (Wildman–Crippen MR) is 99.0 cm³/mol. The normalized spacial score (nSPS) is 11.0. The van der Waals surface area contributed by atoms with E-state index in [9.17, 15) is 0 Å². The van der Waals surface area contributed by atoms with Gasteiger partial charge in [0.05, 0.1) is 11.2 Å². The van der Waals surface area contributed by atoms with Crippen LogP contribution < -0.4 is 4.90 Å². The van der Waals surface area contributed by atoms with E-state index in [1.54, 1.807) is 0 Å². The molecule has 0 aliphatic carbocycles. The van der Waals surface area contributed by atoms with Crippen LogP contribution in [0.4, 0.5) is 5.69 Å². The zero-order valence-electron chi connectivity index (χ0n) is 13.3. The molecule has 0 saturated heterocycles. The Labute approximate surface area is 136 Å². The minimum absolute atomic E-state index is 1.01. The van der Waals surface area contributed by atoms with Gasteiger partial charge in [0.1, 0.15) is 0 Å². The van der Waals surface area contributed by atoms with E-state index < -0.39 is 0 Å². The molecule has 0 unspecified atom stereocenters. The van der Waals surface area contributed by atoms with Crippen molar-refractivity contribution >= 4 is 27.4 Å². The summed E-state index contributed by atoms with van der Waals surface area (Å²) in [5.74, 6) is 0. The lowest BCUT2D eigenvalue weighted by Gasteiger charge is -2.12. The average Bonchev–Trinajstić information content (AvgIpc) is 2.61. The second kappa shape index (κ2) is 5.40. The molecule has 0 aliphatic rings. The van der Waals surface area contributed by atoms with Gasteiger partial charge in [-0.3, -0.25) is 0 Å². The summed E-state index contributed by atoms with van der Waals surface area (Å²) >= 11 is 0. The van der Waals surface area contributed by atoms with Crippen LogP contribution in [0.15, 0.2) is 72.8 Å². The molecule has 3 aromatic carbocycles. The minimum atomic E-state index is 1.01. The first-order valence-corrected chi connectivity index (χ1v) is 7.79. The molecule has 0 bridgehead atoms. The van der Waals surface area contributed by atoms with Crippen molar-refractivity contribution in [3.8, 4) is 11.3 Å². The Bertz CT molecular complexity index is 985. The van der Waals surface area contributed by atoms with Gasteiger partial charge in [0, 0.05) is 30.7 Å². The Morgan fingerprint density at radius 2 is 1.48 bits per heavy atom. The van der Waals surface area contributed by atoms with Gasteiger partial charge in [-0.1, -0.05) is 48.5 Å². The zero-order valence-corrected chi connectivity index (χ0v) is 13.3. The van der Waals surface area contributed by atoms with E-state index in [0.29, 0.717) is 0 Å². The summed E-state index contributed by atoms with van der Waals surface area (Å²) < 4.78 is 0. The van der Waals surface area contributed by atoms with Crippen LogP contribution in [0.5, 0.6) is 0 Å². The van der Waals surface area contributed by atoms with Crippen LogP contribution in [0.3, 0.4) is 0 Å². The smallest absolute Gasteiger partial charge is 0.0715 e. The van der Waals surface area contributed by atoms with Gasteiger partial charge in [0.2, 0.25) is 0 Å². The molecule has 112 valence electrons. The fraction of sp³-hybridized carbons (Fsp3) is 0.0952. The summed E-state index contributed by atoms with van der Waals surface area (Å²) in [4.78, 5) is 6.96. The third-order valence-electron chi connectivity index (χ3n) is 4.28.